The number of hydrogen-bond acceptors (Lipinski definition) is 6. The molecule has 1 aromatic heterocycles. The molecule has 0 spiro atoms. The van der Waals surface area contributed by atoms with Gasteiger partial charge in [-0.3, -0.25) is 4.79 Å². The van der Waals surface area contributed by atoms with Crippen LogP contribution in [0.25, 0.3) is 0 Å². The first-order valence-corrected chi connectivity index (χ1v) is 5.20. The van der Waals surface area contributed by atoms with Crippen molar-refractivity contribution in [3.8, 4) is 0 Å². The molecule has 1 aromatic rings. The molecular weight excluding hydrogens is 208 g/mol. The van der Waals surface area contributed by atoms with E-state index in [1.54, 1.807) is 0 Å². The summed E-state index contributed by atoms with van der Waals surface area (Å²) in [7, 11) is 0. The minimum absolute atomic E-state index is 0.00231. The Kier molecular flexibility index (Phi) is 6.14. The van der Waals surface area contributed by atoms with Crippen molar-refractivity contribution in [3.63, 3.8) is 0 Å². The highest BCUT2D eigenvalue weighted by molar-refractivity contribution is 5.80. The number of carbonyl (C=O) groups excluding carboxylic acids is 1. The van der Waals surface area contributed by atoms with E-state index in [9.17, 15) is 4.79 Å². The lowest BCUT2D eigenvalue weighted by molar-refractivity contribution is -0.122. The van der Waals surface area contributed by atoms with Gasteiger partial charge < -0.3 is 16.0 Å². The van der Waals surface area contributed by atoms with Crippen molar-refractivity contribution in [3.05, 3.63) is 0 Å². The molecule has 6 nitrogen and oxygen atoms in total. The molecule has 0 aliphatic carbocycles. The van der Waals surface area contributed by atoms with Crippen molar-refractivity contribution in [1.29, 1.82) is 0 Å². The van der Waals surface area contributed by atoms with Crippen LogP contribution in [0.3, 0.4) is 0 Å². The van der Waals surface area contributed by atoms with Crippen LogP contribution in [0, 0.1) is 11.8 Å². The summed E-state index contributed by atoms with van der Waals surface area (Å²) in [6, 6.07) is -0.00231. The Morgan fingerprint density at radius 1 is 1.31 bits per heavy atom. The lowest BCUT2D eigenvalue weighted by Gasteiger charge is -2.05. The zero-order valence-corrected chi connectivity index (χ0v) is 10.2. The number of Topliss-reactive ketones (excluding diaryl/α,β-unsaturated/α-hetero) is 1. The lowest BCUT2D eigenvalue weighted by Crippen LogP contribution is -2.09. The highest BCUT2D eigenvalue weighted by Crippen LogP contribution is 2.06. The van der Waals surface area contributed by atoms with Crippen LogP contribution in [-0.2, 0) is 4.79 Å². The van der Waals surface area contributed by atoms with Gasteiger partial charge in [-0.05, 0) is 11.1 Å². The summed E-state index contributed by atoms with van der Waals surface area (Å²) in [4.78, 5) is 14.3. The molecule has 0 fully saturated rings. The predicted octanol–water partition coefficient (Wildman–Crippen LogP) is 1.49. The zero-order valence-electron chi connectivity index (χ0n) is 10.2. The normalized spacial score (nSPS) is 10.1. The fraction of sp³-hybridized carbons (Fsp3) is 0.700. The van der Waals surface area contributed by atoms with Crippen LogP contribution in [-0.4, -0.2) is 15.9 Å². The molecule has 4 N–H and O–H groups in total. The first kappa shape index (κ1) is 14.4. The minimum Gasteiger partial charge on any atom is -0.365 e. The average molecular weight is 228 g/mol. The lowest BCUT2D eigenvalue weighted by atomic mass is 9.99. The summed E-state index contributed by atoms with van der Waals surface area (Å²) in [5.41, 5.74) is 9.94. The van der Waals surface area contributed by atoms with Crippen molar-refractivity contribution in [2.75, 3.05) is 11.5 Å². The van der Waals surface area contributed by atoms with Gasteiger partial charge in [0, 0.05) is 12.3 Å². The third-order valence-electron chi connectivity index (χ3n) is 1.71. The van der Waals surface area contributed by atoms with Crippen LogP contribution < -0.4 is 11.5 Å². The molecule has 0 bridgehead atoms. The Hall–Kier alpha value is -1.59. The standard InChI is InChI=1S/C8H16O.C2H4N4O/c1-6(2)5-8(9)7(3)4;3-1-5-2(4)7-6-1/h6-7H,5H2,1-4H3;(H4,3,4,5,6). The van der Waals surface area contributed by atoms with Gasteiger partial charge >= 0.3 is 6.01 Å². The summed E-state index contributed by atoms with van der Waals surface area (Å²) in [6.45, 7) is 8.04. The third-order valence-corrected chi connectivity index (χ3v) is 1.71. The van der Waals surface area contributed by atoms with Crippen molar-refractivity contribution >= 4 is 17.7 Å². The van der Waals surface area contributed by atoms with Gasteiger partial charge in [-0.25, -0.2) is 0 Å². The number of nitrogens with zero attached hydrogens (tertiary/aromatic N) is 2. The second-order valence-electron chi connectivity index (χ2n) is 4.21. The quantitative estimate of drug-likeness (QED) is 0.811. The molecule has 1 heterocycles. The minimum atomic E-state index is -0.00231. The maximum atomic E-state index is 11.0. The Morgan fingerprint density at radius 3 is 2.00 bits per heavy atom. The number of carbonyl (C=O) groups is 1. The van der Waals surface area contributed by atoms with Gasteiger partial charge in [0.25, 0.3) is 5.95 Å². The Bertz CT molecular complexity index is 304. The van der Waals surface area contributed by atoms with E-state index in [-0.39, 0.29) is 17.9 Å². The molecule has 0 radical (unpaired) electrons. The van der Waals surface area contributed by atoms with E-state index >= 15 is 0 Å². The van der Waals surface area contributed by atoms with Gasteiger partial charge in [0.1, 0.15) is 5.78 Å². The third kappa shape index (κ3) is 6.80. The molecule has 0 aliphatic rings. The van der Waals surface area contributed by atoms with Gasteiger partial charge in [-0.2, -0.15) is 4.98 Å². The number of hydrogen-bond donors (Lipinski definition) is 2. The molecule has 0 aliphatic heterocycles. The van der Waals surface area contributed by atoms with Crippen LogP contribution in [0.15, 0.2) is 4.52 Å². The van der Waals surface area contributed by atoms with Crippen LogP contribution in [0.5, 0.6) is 0 Å². The number of nitrogens with two attached hydrogens (primary N) is 2. The van der Waals surface area contributed by atoms with Crippen molar-refractivity contribution in [2.24, 2.45) is 11.8 Å². The summed E-state index contributed by atoms with van der Waals surface area (Å²) in [6.07, 6.45) is 0.734. The molecule has 0 saturated heterocycles. The number of nitrogen functional groups attached to an aromatic ring is 2. The van der Waals surface area contributed by atoms with E-state index in [1.165, 1.54) is 0 Å². The molecule has 92 valence electrons. The van der Waals surface area contributed by atoms with Gasteiger partial charge in [0.05, 0.1) is 0 Å². The van der Waals surface area contributed by atoms with Gasteiger partial charge in [-0.1, -0.05) is 27.7 Å². The molecule has 0 unspecified atom stereocenters. The van der Waals surface area contributed by atoms with E-state index in [2.05, 4.69) is 28.5 Å². The Labute approximate surface area is 95.4 Å². The second kappa shape index (κ2) is 6.81. The van der Waals surface area contributed by atoms with E-state index in [0.29, 0.717) is 11.7 Å². The van der Waals surface area contributed by atoms with Gasteiger partial charge in [0.2, 0.25) is 0 Å². The topological polar surface area (TPSA) is 108 Å². The fourth-order valence-electron chi connectivity index (χ4n) is 0.885. The molecule has 0 aromatic carbocycles. The maximum Gasteiger partial charge on any atom is 0.320 e. The highest BCUT2D eigenvalue weighted by atomic mass is 16.5. The number of rotatable bonds is 3. The Morgan fingerprint density at radius 2 is 1.88 bits per heavy atom. The monoisotopic (exact) mass is 228 g/mol. The second-order valence-corrected chi connectivity index (χ2v) is 4.21. The van der Waals surface area contributed by atoms with E-state index in [0.717, 1.165) is 6.42 Å². The summed E-state index contributed by atoms with van der Waals surface area (Å²) >= 11 is 0. The predicted molar refractivity (Wildman–Crippen MR) is 62.4 cm³/mol. The molecule has 0 amide bonds. The van der Waals surface area contributed by atoms with Crippen LogP contribution in [0.2, 0.25) is 0 Å². The Balaban J connectivity index is 0.000000288. The molecule has 1 rings (SSSR count). The highest BCUT2D eigenvalue weighted by Gasteiger charge is 2.07. The number of aromatic nitrogens is 2. The molecule has 0 saturated carbocycles. The molecule has 0 atom stereocenters. The fourth-order valence-corrected chi connectivity index (χ4v) is 0.885. The first-order valence-electron chi connectivity index (χ1n) is 5.20. The van der Waals surface area contributed by atoms with Crippen LogP contribution in [0.4, 0.5) is 12.0 Å². The SMILES string of the molecule is CC(C)CC(=O)C(C)C.Nc1noc(N)n1. The average Bonchev–Trinajstić information content (AvgIpc) is 2.49. The smallest absolute Gasteiger partial charge is 0.320 e. The van der Waals surface area contributed by atoms with Gasteiger partial charge in [-0.15, -0.1) is 0 Å². The van der Waals surface area contributed by atoms with Crippen molar-refractivity contribution in [2.45, 2.75) is 34.1 Å². The largest absolute Gasteiger partial charge is 0.365 e. The van der Waals surface area contributed by atoms with Crippen LogP contribution >= 0.6 is 0 Å². The van der Waals surface area contributed by atoms with E-state index < -0.39 is 0 Å². The number of anilines is 2. The first-order chi connectivity index (χ1) is 7.32. The number of ketones is 1. The summed E-state index contributed by atoms with van der Waals surface area (Å²) in [5.74, 6) is 1.18. The van der Waals surface area contributed by atoms with Gasteiger partial charge in [0.15, 0.2) is 0 Å². The maximum absolute atomic E-state index is 11.0. The summed E-state index contributed by atoms with van der Waals surface area (Å²) < 4.78 is 4.26. The van der Waals surface area contributed by atoms with Crippen molar-refractivity contribution in [1.82, 2.24) is 10.1 Å². The van der Waals surface area contributed by atoms with E-state index in [1.807, 2.05) is 13.8 Å². The zero-order chi connectivity index (χ0) is 12.7. The van der Waals surface area contributed by atoms with Crippen molar-refractivity contribution < 1.29 is 9.32 Å². The van der Waals surface area contributed by atoms with E-state index in [4.69, 9.17) is 11.5 Å². The molecule has 16 heavy (non-hydrogen) atoms. The summed E-state index contributed by atoms with van der Waals surface area (Å²) in [5, 5.41) is 3.18. The van der Waals surface area contributed by atoms with Crippen LogP contribution in [0.1, 0.15) is 34.1 Å². The molecule has 6 heteroatoms. The molecular formula is C10H20N4O2.